The Morgan fingerprint density at radius 1 is 1.42 bits per heavy atom. The smallest absolute Gasteiger partial charge is 0.325 e. The third kappa shape index (κ3) is 3.71. The van der Waals surface area contributed by atoms with Crippen LogP contribution >= 0.6 is 7.60 Å². The van der Waals surface area contributed by atoms with E-state index in [1.165, 1.54) is 12.7 Å². The van der Waals surface area contributed by atoms with Crippen molar-refractivity contribution in [3.63, 3.8) is 0 Å². The van der Waals surface area contributed by atoms with Gasteiger partial charge in [0.1, 0.15) is 6.73 Å². The van der Waals surface area contributed by atoms with Crippen molar-refractivity contribution < 1.29 is 19.1 Å². The molecule has 10 heteroatoms. The number of fused-ring (bicyclic) bond motifs is 1. The predicted octanol–water partition coefficient (Wildman–Crippen LogP) is -0.339. The summed E-state index contributed by atoms with van der Waals surface area (Å²) in [6, 6.07) is 0. The van der Waals surface area contributed by atoms with Gasteiger partial charge in [-0.25, -0.2) is 9.97 Å². The first-order valence-electron chi connectivity index (χ1n) is 5.48. The minimum Gasteiger partial charge on any atom is -0.361 e. The van der Waals surface area contributed by atoms with E-state index in [9.17, 15) is 9.36 Å². The minimum atomic E-state index is -3.97. The summed E-state index contributed by atoms with van der Waals surface area (Å²) in [6.07, 6.45) is 2.74. The fourth-order valence-corrected chi connectivity index (χ4v) is 2.06. The summed E-state index contributed by atoms with van der Waals surface area (Å²) in [5, 5.41) is 0. The van der Waals surface area contributed by atoms with Crippen LogP contribution in [0.3, 0.4) is 0 Å². The van der Waals surface area contributed by atoms with Crippen molar-refractivity contribution in [2.24, 2.45) is 0 Å². The molecule has 0 fully saturated rings. The number of H-pyrrole nitrogens is 1. The number of nitrogens with zero attached hydrogens (tertiary/aromatic N) is 3. The Hall–Kier alpha value is -1.54. The van der Waals surface area contributed by atoms with Gasteiger partial charge in [-0.2, -0.15) is 0 Å². The second kappa shape index (κ2) is 5.62. The monoisotopic (exact) mass is 288 g/mol. The SMILES string of the molecule is O=c1[nH]cnc2c1ncn2COCCCP(=O)(O)O. The predicted molar refractivity (Wildman–Crippen MR) is 65.6 cm³/mol. The van der Waals surface area contributed by atoms with Crippen molar-refractivity contribution in [3.05, 3.63) is 23.0 Å². The van der Waals surface area contributed by atoms with Gasteiger partial charge in [0.15, 0.2) is 11.2 Å². The molecular weight excluding hydrogens is 275 g/mol. The first kappa shape index (κ1) is 13.9. The molecule has 19 heavy (non-hydrogen) atoms. The Morgan fingerprint density at radius 3 is 2.95 bits per heavy atom. The van der Waals surface area contributed by atoms with Crippen LogP contribution in [0.15, 0.2) is 17.4 Å². The van der Waals surface area contributed by atoms with E-state index in [0.29, 0.717) is 5.65 Å². The second-order valence-corrected chi connectivity index (χ2v) is 5.67. The van der Waals surface area contributed by atoms with Gasteiger partial charge in [-0.05, 0) is 6.42 Å². The van der Waals surface area contributed by atoms with Crippen molar-refractivity contribution in [2.45, 2.75) is 13.2 Å². The lowest BCUT2D eigenvalue weighted by Gasteiger charge is -2.06. The lowest BCUT2D eigenvalue weighted by atomic mass is 10.5. The quantitative estimate of drug-likeness (QED) is 0.489. The number of hydrogen-bond donors (Lipinski definition) is 3. The maximum Gasteiger partial charge on any atom is 0.325 e. The van der Waals surface area contributed by atoms with Crippen molar-refractivity contribution in [2.75, 3.05) is 12.8 Å². The number of aromatic nitrogens is 4. The summed E-state index contributed by atoms with van der Waals surface area (Å²) in [6.45, 7) is 0.322. The molecule has 0 amide bonds. The Morgan fingerprint density at radius 2 is 2.21 bits per heavy atom. The number of imidazole rings is 1. The minimum absolute atomic E-state index is 0.119. The lowest BCUT2D eigenvalue weighted by Crippen LogP contribution is -2.09. The summed E-state index contributed by atoms with van der Waals surface area (Å²) in [4.78, 5) is 39.0. The average molecular weight is 288 g/mol. The van der Waals surface area contributed by atoms with Gasteiger partial charge >= 0.3 is 7.60 Å². The molecule has 0 atom stereocenters. The molecule has 0 unspecified atom stereocenters. The van der Waals surface area contributed by atoms with E-state index in [-0.39, 0.29) is 37.0 Å². The number of rotatable bonds is 6. The molecule has 0 saturated carbocycles. The molecule has 0 radical (unpaired) electrons. The molecule has 3 N–H and O–H groups in total. The van der Waals surface area contributed by atoms with Crippen molar-refractivity contribution in [3.8, 4) is 0 Å². The molecule has 9 nitrogen and oxygen atoms in total. The van der Waals surface area contributed by atoms with E-state index in [1.807, 2.05) is 0 Å². The van der Waals surface area contributed by atoms with Gasteiger partial charge < -0.3 is 19.5 Å². The summed E-state index contributed by atoms with van der Waals surface area (Å²) in [7, 11) is -3.97. The molecule has 104 valence electrons. The highest BCUT2D eigenvalue weighted by Crippen LogP contribution is 2.34. The molecule has 0 aromatic carbocycles. The molecule has 2 aromatic heterocycles. The summed E-state index contributed by atoms with van der Waals surface area (Å²) in [5.74, 6) is 0. The molecule has 0 aliphatic rings. The van der Waals surface area contributed by atoms with Gasteiger partial charge in [0.05, 0.1) is 18.8 Å². The average Bonchev–Trinajstić information content (AvgIpc) is 2.72. The fraction of sp³-hybridized carbons (Fsp3) is 0.444. The van der Waals surface area contributed by atoms with Gasteiger partial charge in [0.25, 0.3) is 5.56 Å². The van der Waals surface area contributed by atoms with E-state index >= 15 is 0 Å². The Kier molecular flexibility index (Phi) is 4.11. The van der Waals surface area contributed by atoms with Crippen molar-refractivity contribution in [1.82, 2.24) is 19.5 Å². The van der Waals surface area contributed by atoms with E-state index in [2.05, 4.69) is 15.0 Å². The van der Waals surface area contributed by atoms with Crippen LogP contribution in [0.1, 0.15) is 6.42 Å². The van der Waals surface area contributed by atoms with Crippen LogP contribution < -0.4 is 5.56 Å². The van der Waals surface area contributed by atoms with Crippen LogP contribution in [-0.2, 0) is 16.0 Å². The zero-order chi connectivity index (χ0) is 13.9. The van der Waals surface area contributed by atoms with Crippen molar-refractivity contribution in [1.29, 1.82) is 0 Å². The number of nitrogens with one attached hydrogen (secondary N) is 1. The van der Waals surface area contributed by atoms with E-state index in [1.54, 1.807) is 4.57 Å². The largest absolute Gasteiger partial charge is 0.361 e. The van der Waals surface area contributed by atoms with Crippen LogP contribution in [0.5, 0.6) is 0 Å². The molecule has 0 aliphatic carbocycles. The summed E-state index contributed by atoms with van der Waals surface area (Å²) in [5.41, 5.74) is 0.297. The Bertz CT molecular complexity index is 660. The van der Waals surface area contributed by atoms with Crippen LogP contribution in [0.25, 0.3) is 11.2 Å². The zero-order valence-electron chi connectivity index (χ0n) is 9.89. The summed E-state index contributed by atoms with van der Waals surface area (Å²) < 4.78 is 17.4. The molecule has 2 aromatic rings. The van der Waals surface area contributed by atoms with Gasteiger partial charge in [-0.3, -0.25) is 13.9 Å². The van der Waals surface area contributed by atoms with Crippen LogP contribution in [0.4, 0.5) is 0 Å². The third-order valence-corrected chi connectivity index (χ3v) is 3.27. The standard InChI is InChI=1S/C9H13N4O5P/c14-9-7-8(10-4-11-9)13(5-12-7)6-18-2-1-3-19(15,16)17/h4-5H,1-3,6H2,(H,10,11,14)(H2,15,16,17). The highest BCUT2D eigenvalue weighted by atomic mass is 31.2. The third-order valence-electron chi connectivity index (χ3n) is 2.38. The van der Waals surface area contributed by atoms with Crippen molar-refractivity contribution >= 4 is 18.8 Å². The molecule has 0 aliphatic heterocycles. The number of ether oxygens (including phenoxy) is 1. The number of aromatic amines is 1. The zero-order valence-corrected chi connectivity index (χ0v) is 10.8. The molecule has 2 heterocycles. The van der Waals surface area contributed by atoms with E-state index in [4.69, 9.17) is 14.5 Å². The molecule has 0 spiro atoms. The van der Waals surface area contributed by atoms with Gasteiger partial charge in [0, 0.05) is 6.61 Å². The molecule has 0 bridgehead atoms. The second-order valence-electron chi connectivity index (χ2n) is 3.90. The highest BCUT2D eigenvalue weighted by molar-refractivity contribution is 7.51. The van der Waals surface area contributed by atoms with Crippen LogP contribution in [-0.4, -0.2) is 42.1 Å². The first-order chi connectivity index (χ1) is 8.97. The Labute approximate surface area is 107 Å². The maximum absolute atomic E-state index is 11.4. The van der Waals surface area contributed by atoms with Crippen LogP contribution in [0.2, 0.25) is 0 Å². The number of hydrogen-bond acceptors (Lipinski definition) is 5. The maximum atomic E-state index is 11.4. The van der Waals surface area contributed by atoms with Gasteiger partial charge in [0.2, 0.25) is 0 Å². The molecular formula is C9H13N4O5P. The van der Waals surface area contributed by atoms with Crippen LogP contribution in [0, 0.1) is 0 Å². The topological polar surface area (TPSA) is 130 Å². The first-order valence-corrected chi connectivity index (χ1v) is 7.28. The van der Waals surface area contributed by atoms with Gasteiger partial charge in [-0.1, -0.05) is 0 Å². The lowest BCUT2D eigenvalue weighted by molar-refractivity contribution is 0.0794. The summed E-state index contributed by atoms with van der Waals surface area (Å²) >= 11 is 0. The van der Waals surface area contributed by atoms with E-state index in [0.717, 1.165) is 0 Å². The molecule has 0 saturated heterocycles. The molecule has 2 rings (SSSR count). The van der Waals surface area contributed by atoms with Gasteiger partial charge in [-0.15, -0.1) is 0 Å². The highest BCUT2D eigenvalue weighted by Gasteiger charge is 2.11. The Balaban J connectivity index is 1.91. The normalized spacial score (nSPS) is 12.1. The van der Waals surface area contributed by atoms with E-state index < -0.39 is 7.60 Å². The fourth-order valence-electron chi connectivity index (χ4n) is 1.52.